The molecule has 1 nitrogen and oxygen atoms in total. The van der Waals surface area contributed by atoms with Crippen molar-refractivity contribution in [2.24, 2.45) is 0 Å². The Kier molecular flexibility index (Phi) is 5.17. The van der Waals surface area contributed by atoms with Gasteiger partial charge in [0.05, 0.1) is 0 Å². The van der Waals surface area contributed by atoms with Gasteiger partial charge in [0.25, 0.3) is 0 Å². The van der Waals surface area contributed by atoms with Crippen molar-refractivity contribution >= 4 is 0 Å². The van der Waals surface area contributed by atoms with Crippen LogP contribution in [0.1, 0.15) is 70.4 Å². The highest BCUT2D eigenvalue weighted by Gasteiger charge is 2.36. The Morgan fingerprint density at radius 1 is 0.920 bits per heavy atom. The summed E-state index contributed by atoms with van der Waals surface area (Å²) in [5.74, 6) is 0.711. The lowest BCUT2D eigenvalue weighted by atomic mass is 9.79. The van der Waals surface area contributed by atoms with Crippen molar-refractivity contribution in [3.63, 3.8) is 0 Å². The summed E-state index contributed by atoms with van der Waals surface area (Å²) in [5.41, 5.74) is 2.28. The van der Waals surface area contributed by atoms with Gasteiger partial charge in [-0.3, -0.25) is 0 Å². The Morgan fingerprint density at radius 3 is 2.08 bits per heavy atom. The number of ether oxygens (including phenoxy) is 1. The minimum Gasteiger partial charge on any atom is -0.483 e. The Labute approximate surface area is 151 Å². The summed E-state index contributed by atoms with van der Waals surface area (Å²) < 4.78 is 19.9. The number of hydrogen-bond donors (Lipinski definition) is 0. The summed E-state index contributed by atoms with van der Waals surface area (Å²) in [6.07, 6.45) is 6.63. The molecule has 2 aromatic carbocycles. The third-order valence-electron chi connectivity index (χ3n) is 5.86. The highest BCUT2D eigenvalue weighted by atomic mass is 19.1. The van der Waals surface area contributed by atoms with E-state index in [1.165, 1.54) is 12.0 Å². The first kappa shape index (κ1) is 18.0. The van der Waals surface area contributed by atoms with Crippen LogP contribution in [0.15, 0.2) is 48.5 Å². The summed E-state index contributed by atoms with van der Waals surface area (Å²) in [7, 11) is 0. The van der Waals surface area contributed by atoms with Gasteiger partial charge in [-0.05, 0) is 72.9 Å². The fraction of sp³-hybridized carbons (Fsp3) is 0.478. The maximum atomic E-state index is 13.4. The first-order valence-corrected chi connectivity index (χ1v) is 9.51. The maximum absolute atomic E-state index is 13.4. The number of benzene rings is 2. The first-order valence-electron chi connectivity index (χ1n) is 9.51. The largest absolute Gasteiger partial charge is 0.483 e. The van der Waals surface area contributed by atoms with Crippen LogP contribution in [0.4, 0.5) is 4.39 Å². The minimum absolute atomic E-state index is 0.179. The van der Waals surface area contributed by atoms with E-state index in [1.54, 1.807) is 12.1 Å². The quantitative estimate of drug-likeness (QED) is 0.585. The molecule has 0 unspecified atom stereocenters. The van der Waals surface area contributed by atoms with Crippen LogP contribution in [0.5, 0.6) is 5.75 Å². The number of rotatable bonds is 5. The number of hydrogen-bond acceptors (Lipinski definition) is 1. The average Bonchev–Trinajstić information content (AvgIpc) is 2.63. The van der Waals surface area contributed by atoms with Crippen molar-refractivity contribution in [3.05, 3.63) is 65.5 Å². The van der Waals surface area contributed by atoms with Crippen LogP contribution < -0.4 is 4.74 Å². The highest BCUT2D eigenvalue weighted by Crippen LogP contribution is 2.41. The summed E-state index contributed by atoms with van der Waals surface area (Å²) in [6, 6.07) is 15.4. The lowest BCUT2D eigenvalue weighted by Gasteiger charge is -2.38. The molecule has 1 saturated carbocycles. The molecule has 0 aliphatic heterocycles. The van der Waals surface area contributed by atoms with E-state index in [4.69, 9.17) is 4.74 Å². The highest BCUT2D eigenvalue weighted by molar-refractivity contribution is 5.33. The lowest BCUT2D eigenvalue weighted by Crippen LogP contribution is -2.35. The monoisotopic (exact) mass is 340 g/mol. The molecule has 0 heterocycles. The molecule has 1 aliphatic rings. The van der Waals surface area contributed by atoms with Gasteiger partial charge in [-0.2, -0.15) is 0 Å². The summed E-state index contributed by atoms with van der Waals surface area (Å²) in [4.78, 5) is 0. The maximum Gasteiger partial charge on any atom is 0.134 e. The van der Waals surface area contributed by atoms with Crippen molar-refractivity contribution in [1.82, 2.24) is 0 Å². The van der Waals surface area contributed by atoms with Gasteiger partial charge < -0.3 is 4.74 Å². The second-order valence-corrected chi connectivity index (χ2v) is 7.93. The van der Waals surface area contributed by atoms with Crippen LogP contribution in [0, 0.1) is 5.82 Å². The molecule has 25 heavy (non-hydrogen) atoms. The van der Waals surface area contributed by atoms with Crippen LogP contribution in [0.2, 0.25) is 0 Å². The van der Waals surface area contributed by atoms with Crippen molar-refractivity contribution in [2.75, 3.05) is 0 Å². The zero-order chi connectivity index (χ0) is 17.9. The Morgan fingerprint density at radius 2 is 1.52 bits per heavy atom. The second kappa shape index (κ2) is 7.19. The molecule has 3 rings (SSSR count). The van der Waals surface area contributed by atoms with Crippen molar-refractivity contribution in [3.8, 4) is 5.75 Å². The molecule has 1 aliphatic carbocycles. The number of halogens is 1. The third-order valence-corrected chi connectivity index (χ3v) is 5.86. The smallest absolute Gasteiger partial charge is 0.134 e. The fourth-order valence-electron chi connectivity index (χ4n) is 3.73. The molecule has 0 spiro atoms. The molecular formula is C23H29FO. The van der Waals surface area contributed by atoms with Crippen LogP contribution >= 0.6 is 0 Å². The summed E-state index contributed by atoms with van der Waals surface area (Å²) in [5, 5.41) is 0. The minimum atomic E-state index is -0.326. The Bertz CT molecular complexity index is 679. The third kappa shape index (κ3) is 3.89. The lowest BCUT2D eigenvalue weighted by molar-refractivity contribution is 0.0263. The van der Waals surface area contributed by atoms with E-state index < -0.39 is 0 Å². The molecule has 0 aromatic heterocycles. The van der Waals surface area contributed by atoms with Crippen molar-refractivity contribution in [2.45, 2.75) is 70.3 Å². The van der Waals surface area contributed by atoms with E-state index in [2.05, 4.69) is 45.0 Å². The van der Waals surface area contributed by atoms with Crippen LogP contribution in [0.3, 0.4) is 0 Å². The van der Waals surface area contributed by atoms with E-state index in [-0.39, 0.29) is 16.8 Å². The van der Waals surface area contributed by atoms with E-state index in [0.717, 1.165) is 43.4 Å². The summed E-state index contributed by atoms with van der Waals surface area (Å²) in [6.45, 7) is 6.75. The summed E-state index contributed by atoms with van der Waals surface area (Å²) >= 11 is 0. The average molecular weight is 340 g/mol. The van der Waals surface area contributed by atoms with E-state index >= 15 is 0 Å². The van der Waals surface area contributed by atoms with E-state index in [1.807, 2.05) is 12.1 Å². The second-order valence-electron chi connectivity index (χ2n) is 7.93. The van der Waals surface area contributed by atoms with Crippen LogP contribution in [-0.2, 0) is 11.0 Å². The molecule has 0 radical (unpaired) electrons. The van der Waals surface area contributed by atoms with Crippen molar-refractivity contribution in [1.29, 1.82) is 0 Å². The Balaban J connectivity index is 1.87. The van der Waals surface area contributed by atoms with Gasteiger partial charge in [-0.1, -0.05) is 51.5 Å². The first-order chi connectivity index (χ1) is 12.0. The zero-order valence-electron chi connectivity index (χ0n) is 15.6. The fourth-order valence-corrected chi connectivity index (χ4v) is 3.73. The molecule has 0 saturated heterocycles. The zero-order valence-corrected chi connectivity index (χ0v) is 15.6. The van der Waals surface area contributed by atoms with Gasteiger partial charge in [-0.25, -0.2) is 4.39 Å². The predicted octanol–water partition coefficient (Wildman–Crippen LogP) is 6.75. The molecule has 134 valence electrons. The topological polar surface area (TPSA) is 9.23 Å². The normalized spacial score (nSPS) is 17.3. The molecule has 1 fully saturated rings. The Hall–Kier alpha value is -1.83. The van der Waals surface area contributed by atoms with Gasteiger partial charge in [0.2, 0.25) is 0 Å². The molecular weight excluding hydrogens is 311 g/mol. The van der Waals surface area contributed by atoms with Crippen LogP contribution in [0.25, 0.3) is 0 Å². The molecule has 0 amide bonds. The molecule has 0 bridgehead atoms. The van der Waals surface area contributed by atoms with Gasteiger partial charge >= 0.3 is 0 Å². The van der Waals surface area contributed by atoms with Crippen molar-refractivity contribution < 1.29 is 9.13 Å². The molecule has 2 aromatic rings. The van der Waals surface area contributed by atoms with Gasteiger partial charge in [-0.15, -0.1) is 0 Å². The standard InChI is InChI=1S/C23H29FO/c1-4-22(2,3)18-10-14-21(15-11-18)25-23(16-6-5-7-17-23)19-8-12-20(24)13-9-19/h8-15H,4-7,16-17H2,1-3H3. The molecule has 0 N–H and O–H groups in total. The molecule has 0 atom stereocenters. The van der Waals surface area contributed by atoms with Crippen LogP contribution in [-0.4, -0.2) is 0 Å². The molecule has 2 heteroatoms. The van der Waals surface area contributed by atoms with E-state index in [0.29, 0.717) is 0 Å². The predicted molar refractivity (Wildman–Crippen MR) is 102 cm³/mol. The SMILES string of the molecule is CCC(C)(C)c1ccc(OC2(c3ccc(F)cc3)CCCCC2)cc1. The van der Waals surface area contributed by atoms with Gasteiger partial charge in [0.1, 0.15) is 17.2 Å². The van der Waals surface area contributed by atoms with Gasteiger partial charge in [0.15, 0.2) is 0 Å². The van der Waals surface area contributed by atoms with Gasteiger partial charge in [0, 0.05) is 0 Å². The van der Waals surface area contributed by atoms with E-state index in [9.17, 15) is 4.39 Å².